The molecule has 2 N–H and O–H groups in total. The lowest BCUT2D eigenvalue weighted by Crippen LogP contribution is -2.27. The number of hydrogen-bond donors (Lipinski definition) is 2. The predicted octanol–water partition coefficient (Wildman–Crippen LogP) is 4.19. The summed E-state index contributed by atoms with van der Waals surface area (Å²) in [7, 11) is 0. The summed E-state index contributed by atoms with van der Waals surface area (Å²) >= 11 is 0. The topological polar surface area (TPSA) is 50.4 Å². The van der Waals surface area contributed by atoms with Gasteiger partial charge in [-0.15, -0.1) is 0 Å². The zero-order valence-electron chi connectivity index (χ0n) is 14.0. The lowest BCUT2D eigenvalue weighted by Gasteiger charge is -2.20. The van der Waals surface area contributed by atoms with E-state index in [1.54, 1.807) is 0 Å². The number of aryl methyl sites for hydroxylation is 1. The molecule has 0 fully saturated rings. The predicted molar refractivity (Wildman–Crippen MR) is 90.2 cm³/mol. The van der Waals surface area contributed by atoms with Crippen molar-refractivity contribution in [2.75, 3.05) is 11.9 Å². The highest BCUT2D eigenvalue weighted by Crippen LogP contribution is 2.33. The van der Waals surface area contributed by atoms with Gasteiger partial charge in [0.1, 0.15) is 5.60 Å². The van der Waals surface area contributed by atoms with Crippen molar-refractivity contribution in [2.24, 2.45) is 0 Å². The maximum atomic E-state index is 11.8. The minimum absolute atomic E-state index is 0.377. The molecule has 0 saturated carbocycles. The summed E-state index contributed by atoms with van der Waals surface area (Å²) in [4.78, 5) is 11.8. The monoisotopic (exact) mass is 302 g/mol. The summed E-state index contributed by atoms with van der Waals surface area (Å²) in [5, 5.41) is 6.31. The standard InChI is InChI=1S/C18H26N2O2/c1-12(2)11-19-16-9-6-13-10-14(7-8-15(13)16)20-17(21)22-18(3,4)5/h7-8,10,16,19H,1,6,9,11H2,2-5H3,(H,20,21). The largest absolute Gasteiger partial charge is 0.444 e. The Hall–Kier alpha value is -1.81. The summed E-state index contributed by atoms with van der Waals surface area (Å²) < 4.78 is 5.27. The number of benzene rings is 1. The maximum absolute atomic E-state index is 11.8. The van der Waals surface area contributed by atoms with Crippen molar-refractivity contribution in [2.45, 2.75) is 52.2 Å². The third-order valence-electron chi connectivity index (χ3n) is 3.52. The number of carbonyl (C=O) groups is 1. The molecule has 1 unspecified atom stereocenters. The Morgan fingerprint density at radius 2 is 2.14 bits per heavy atom. The first-order chi connectivity index (χ1) is 10.2. The van der Waals surface area contributed by atoms with Crippen molar-refractivity contribution in [3.05, 3.63) is 41.5 Å². The first kappa shape index (κ1) is 16.6. The molecule has 120 valence electrons. The Morgan fingerprint density at radius 3 is 2.77 bits per heavy atom. The van der Waals surface area contributed by atoms with Crippen LogP contribution < -0.4 is 10.6 Å². The van der Waals surface area contributed by atoms with Crippen LogP contribution in [-0.4, -0.2) is 18.2 Å². The SMILES string of the molecule is C=C(C)CNC1CCc2cc(NC(=O)OC(C)(C)C)ccc21. The number of rotatable bonds is 4. The van der Waals surface area contributed by atoms with Crippen LogP contribution in [0, 0.1) is 0 Å². The van der Waals surface area contributed by atoms with Gasteiger partial charge < -0.3 is 10.1 Å². The van der Waals surface area contributed by atoms with E-state index in [9.17, 15) is 4.79 Å². The zero-order chi connectivity index (χ0) is 16.3. The fraction of sp³-hybridized carbons (Fsp3) is 0.500. The van der Waals surface area contributed by atoms with Crippen molar-refractivity contribution >= 4 is 11.8 Å². The van der Waals surface area contributed by atoms with E-state index in [-0.39, 0.29) is 0 Å². The van der Waals surface area contributed by atoms with Crippen LogP contribution >= 0.6 is 0 Å². The summed E-state index contributed by atoms with van der Waals surface area (Å²) in [5.74, 6) is 0. The van der Waals surface area contributed by atoms with Crippen LogP contribution in [0.5, 0.6) is 0 Å². The third kappa shape index (κ3) is 4.60. The Morgan fingerprint density at radius 1 is 1.41 bits per heavy atom. The van der Waals surface area contributed by atoms with E-state index in [1.165, 1.54) is 11.1 Å². The molecular weight excluding hydrogens is 276 g/mol. The first-order valence-corrected chi connectivity index (χ1v) is 7.75. The smallest absolute Gasteiger partial charge is 0.412 e. The molecule has 1 aromatic rings. The van der Waals surface area contributed by atoms with Gasteiger partial charge in [0.2, 0.25) is 0 Å². The van der Waals surface area contributed by atoms with E-state index in [0.717, 1.165) is 30.6 Å². The van der Waals surface area contributed by atoms with Gasteiger partial charge in [0.25, 0.3) is 0 Å². The molecule has 22 heavy (non-hydrogen) atoms. The minimum atomic E-state index is -0.488. The maximum Gasteiger partial charge on any atom is 0.412 e. The second-order valence-electron chi connectivity index (χ2n) is 6.97. The Labute approximate surface area is 132 Å². The van der Waals surface area contributed by atoms with Gasteiger partial charge in [-0.05, 0) is 63.8 Å². The van der Waals surface area contributed by atoms with Gasteiger partial charge in [-0.3, -0.25) is 5.32 Å². The summed E-state index contributed by atoms with van der Waals surface area (Å²) in [6.07, 6.45) is 1.69. The molecule has 1 aliphatic carbocycles. The van der Waals surface area contributed by atoms with Crippen LogP contribution in [0.4, 0.5) is 10.5 Å². The Kier molecular flexibility index (Phi) is 4.91. The number of anilines is 1. The number of nitrogens with one attached hydrogen (secondary N) is 2. The highest BCUT2D eigenvalue weighted by molar-refractivity contribution is 5.85. The quantitative estimate of drug-likeness (QED) is 0.820. The normalized spacial score (nSPS) is 17.0. The molecule has 0 saturated heterocycles. The van der Waals surface area contributed by atoms with E-state index in [1.807, 2.05) is 39.8 Å². The Balaban J connectivity index is 2.01. The van der Waals surface area contributed by atoms with Gasteiger partial charge in [0.05, 0.1) is 0 Å². The van der Waals surface area contributed by atoms with E-state index in [0.29, 0.717) is 6.04 Å². The van der Waals surface area contributed by atoms with E-state index < -0.39 is 11.7 Å². The van der Waals surface area contributed by atoms with Crippen LogP contribution in [0.1, 0.15) is 51.3 Å². The number of amides is 1. The van der Waals surface area contributed by atoms with Crippen molar-refractivity contribution in [1.82, 2.24) is 5.32 Å². The van der Waals surface area contributed by atoms with Gasteiger partial charge in [0.15, 0.2) is 0 Å². The second-order valence-corrected chi connectivity index (χ2v) is 6.97. The second kappa shape index (κ2) is 6.53. The van der Waals surface area contributed by atoms with E-state index in [4.69, 9.17) is 4.74 Å². The molecule has 0 spiro atoms. The van der Waals surface area contributed by atoms with E-state index >= 15 is 0 Å². The lowest BCUT2D eigenvalue weighted by atomic mass is 10.1. The van der Waals surface area contributed by atoms with Crippen LogP contribution in [0.25, 0.3) is 0 Å². The van der Waals surface area contributed by atoms with Crippen LogP contribution in [-0.2, 0) is 11.2 Å². The van der Waals surface area contributed by atoms with Crippen LogP contribution in [0.2, 0.25) is 0 Å². The lowest BCUT2D eigenvalue weighted by molar-refractivity contribution is 0.0636. The molecule has 0 radical (unpaired) electrons. The van der Waals surface area contributed by atoms with Crippen molar-refractivity contribution in [1.29, 1.82) is 0 Å². The van der Waals surface area contributed by atoms with Crippen LogP contribution in [0.15, 0.2) is 30.4 Å². The molecular formula is C18H26N2O2. The average Bonchev–Trinajstić information content (AvgIpc) is 2.76. The molecule has 0 bridgehead atoms. The van der Waals surface area contributed by atoms with E-state index in [2.05, 4.69) is 23.3 Å². The zero-order valence-corrected chi connectivity index (χ0v) is 14.0. The molecule has 1 aromatic carbocycles. The summed E-state index contributed by atoms with van der Waals surface area (Å²) in [6.45, 7) is 12.3. The Bertz CT molecular complexity index is 573. The third-order valence-corrected chi connectivity index (χ3v) is 3.52. The molecule has 4 heteroatoms. The number of fused-ring (bicyclic) bond motifs is 1. The first-order valence-electron chi connectivity index (χ1n) is 7.75. The fourth-order valence-electron chi connectivity index (χ4n) is 2.63. The minimum Gasteiger partial charge on any atom is -0.444 e. The van der Waals surface area contributed by atoms with Crippen molar-refractivity contribution in [3.63, 3.8) is 0 Å². The molecule has 0 aromatic heterocycles. The highest BCUT2D eigenvalue weighted by atomic mass is 16.6. The van der Waals surface area contributed by atoms with Gasteiger partial charge in [0, 0.05) is 18.3 Å². The van der Waals surface area contributed by atoms with Gasteiger partial charge in [-0.2, -0.15) is 0 Å². The van der Waals surface area contributed by atoms with Gasteiger partial charge >= 0.3 is 6.09 Å². The number of hydrogen-bond acceptors (Lipinski definition) is 3. The molecule has 1 atom stereocenters. The molecule has 1 aliphatic rings. The molecule has 4 nitrogen and oxygen atoms in total. The fourth-order valence-corrected chi connectivity index (χ4v) is 2.63. The molecule has 1 amide bonds. The summed E-state index contributed by atoms with van der Waals surface area (Å²) in [6, 6.07) is 6.44. The number of ether oxygens (including phenoxy) is 1. The average molecular weight is 302 g/mol. The highest BCUT2D eigenvalue weighted by Gasteiger charge is 2.23. The van der Waals surface area contributed by atoms with Crippen LogP contribution in [0.3, 0.4) is 0 Å². The van der Waals surface area contributed by atoms with Gasteiger partial charge in [-0.1, -0.05) is 18.2 Å². The number of carbonyl (C=O) groups excluding carboxylic acids is 1. The summed E-state index contributed by atoms with van der Waals surface area (Å²) in [5.41, 5.74) is 4.03. The molecule has 0 heterocycles. The van der Waals surface area contributed by atoms with Crippen molar-refractivity contribution < 1.29 is 9.53 Å². The van der Waals surface area contributed by atoms with Gasteiger partial charge in [-0.25, -0.2) is 4.79 Å². The molecule has 2 rings (SSSR count). The van der Waals surface area contributed by atoms with Crippen molar-refractivity contribution in [3.8, 4) is 0 Å². The molecule has 0 aliphatic heterocycles.